The van der Waals surface area contributed by atoms with E-state index in [9.17, 15) is 5.26 Å². The van der Waals surface area contributed by atoms with Gasteiger partial charge in [-0.3, -0.25) is 0 Å². The molecular weight excluding hydrogens is 597 g/mol. The van der Waals surface area contributed by atoms with Crippen molar-refractivity contribution in [1.29, 1.82) is 5.26 Å². The number of fused-ring (bicyclic) bond motifs is 5. The van der Waals surface area contributed by atoms with Crippen molar-refractivity contribution < 1.29 is 0 Å². The van der Waals surface area contributed by atoms with Gasteiger partial charge in [0.2, 0.25) is 0 Å². The van der Waals surface area contributed by atoms with Crippen LogP contribution in [0.15, 0.2) is 170 Å². The maximum atomic E-state index is 10.1. The van der Waals surface area contributed by atoms with Gasteiger partial charge in [0.25, 0.3) is 0 Å². The largest absolute Gasteiger partial charge is 0.208 e. The van der Waals surface area contributed by atoms with Crippen molar-refractivity contribution in [1.82, 2.24) is 15.0 Å². The molecule has 0 amide bonds. The summed E-state index contributed by atoms with van der Waals surface area (Å²) in [5, 5.41) is 12.3. The van der Waals surface area contributed by atoms with Crippen LogP contribution in [0.1, 0.15) is 27.8 Å². The molecule has 1 aromatic heterocycles. The average Bonchev–Trinajstić information content (AvgIpc) is 3.49. The molecule has 0 saturated heterocycles. The number of aromatic nitrogens is 3. The lowest BCUT2D eigenvalue weighted by molar-refractivity contribution is 0.769. The Morgan fingerprint density at radius 3 is 1.47 bits per heavy atom. The molecule has 1 aliphatic rings. The molecule has 0 fully saturated rings. The van der Waals surface area contributed by atoms with Crippen molar-refractivity contribution in [2.45, 2.75) is 5.41 Å². The highest BCUT2D eigenvalue weighted by atomic mass is 15.0. The highest BCUT2D eigenvalue weighted by Gasteiger charge is 2.47. The van der Waals surface area contributed by atoms with Crippen molar-refractivity contribution in [3.63, 3.8) is 0 Å². The van der Waals surface area contributed by atoms with Gasteiger partial charge in [-0.05, 0) is 62.4 Å². The van der Waals surface area contributed by atoms with Gasteiger partial charge in [0.1, 0.15) is 0 Å². The molecular formula is C45H28N4. The van der Waals surface area contributed by atoms with Crippen LogP contribution in [0.25, 0.3) is 56.1 Å². The third-order valence-corrected chi connectivity index (χ3v) is 9.62. The lowest BCUT2D eigenvalue weighted by Gasteiger charge is -2.34. The number of nitriles is 1. The quantitative estimate of drug-likeness (QED) is 0.191. The fraction of sp³-hybridized carbons (Fsp3) is 0.0222. The summed E-state index contributed by atoms with van der Waals surface area (Å²) < 4.78 is 0. The molecule has 0 spiro atoms. The number of nitrogens with zero attached hydrogens (tertiary/aromatic N) is 4. The molecule has 0 saturated carbocycles. The van der Waals surface area contributed by atoms with E-state index in [1.807, 2.05) is 66.7 Å². The number of hydrogen-bond acceptors (Lipinski definition) is 4. The van der Waals surface area contributed by atoms with Crippen LogP contribution >= 0.6 is 0 Å². The first-order valence-corrected chi connectivity index (χ1v) is 16.4. The predicted molar refractivity (Wildman–Crippen MR) is 196 cm³/mol. The fourth-order valence-corrected chi connectivity index (χ4v) is 7.53. The SMILES string of the molecule is N#Cc1ccc2c(c1)C(c1ccccc1)(c1ccccc1)c1cc(-c3nc(-c4ccccc4)nc(-c4ccccc4)n3)c3ccccc3c1-2. The third-order valence-electron chi connectivity index (χ3n) is 9.62. The van der Waals surface area contributed by atoms with Crippen LogP contribution in [-0.2, 0) is 5.41 Å². The molecule has 0 atom stereocenters. The van der Waals surface area contributed by atoms with Crippen molar-refractivity contribution in [3.8, 4) is 51.4 Å². The summed E-state index contributed by atoms with van der Waals surface area (Å²) in [5.41, 5.74) is 9.46. The number of hydrogen-bond donors (Lipinski definition) is 0. The minimum Gasteiger partial charge on any atom is -0.208 e. The lowest BCUT2D eigenvalue weighted by atomic mass is 9.67. The molecule has 49 heavy (non-hydrogen) atoms. The van der Waals surface area contributed by atoms with Crippen LogP contribution in [0, 0.1) is 11.3 Å². The second-order valence-corrected chi connectivity index (χ2v) is 12.3. The Labute approximate surface area is 284 Å². The van der Waals surface area contributed by atoms with Crippen molar-refractivity contribution in [2.75, 3.05) is 0 Å². The first-order valence-electron chi connectivity index (χ1n) is 16.4. The Bertz CT molecular complexity index is 2440. The Hall–Kier alpha value is -6.70. The average molecular weight is 625 g/mol. The number of benzene rings is 7. The molecule has 7 aromatic carbocycles. The standard InChI is InChI=1S/C45H28N4/c46-29-30-25-26-37-39(27-30)45(33-19-9-3-10-20-33,34-21-11-4-12-22-34)40-28-38(35-23-13-14-24-36(35)41(37)40)44-48-42(31-15-5-1-6-16-31)47-43(49-44)32-17-7-2-8-18-32/h1-28H. The summed E-state index contributed by atoms with van der Waals surface area (Å²) in [6.45, 7) is 0. The van der Waals surface area contributed by atoms with Crippen LogP contribution < -0.4 is 0 Å². The molecule has 0 unspecified atom stereocenters. The minimum atomic E-state index is -0.698. The highest BCUT2D eigenvalue weighted by Crippen LogP contribution is 2.59. The normalized spacial score (nSPS) is 12.6. The van der Waals surface area contributed by atoms with Crippen LogP contribution in [0.4, 0.5) is 0 Å². The van der Waals surface area contributed by atoms with E-state index in [1.54, 1.807) is 0 Å². The molecule has 0 radical (unpaired) electrons. The topological polar surface area (TPSA) is 62.5 Å². The Morgan fingerprint density at radius 2 is 0.918 bits per heavy atom. The summed E-state index contributed by atoms with van der Waals surface area (Å²) in [7, 11) is 0. The van der Waals surface area contributed by atoms with E-state index in [2.05, 4.69) is 109 Å². The second kappa shape index (κ2) is 11.5. The van der Waals surface area contributed by atoms with E-state index in [1.165, 1.54) is 0 Å². The Balaban J connectivity index is 1.43. The van der Waals surface area contributed by atoms with Gasteiger partial charge in [0.05, 0.1) is 17.0 Å². The van der Waals surface area contributed by atoms with Gasteiger partial charge in [0.15, 0.2) is 17.5 Å². The predicted octanol–water partition coefficient (Wildman–Crippen LogP) is 10.3. The first-order chi connectivity index (χ1) is 24.3. The summed E-state index contributed by atoms with van der Waals surface area (Å²) in [4.78, 5) is 15.3. The molecule has 9 rings (SSSR count). The first kappa shape index (κ1) is 28.5. The van der Waals surface area contributed by atoms with E-state index in [4.69, 9.17) is 15.0 Å². The van der Waals surface area contributed by atoms with Crippen LogP contribution in [-0.4, -0.2) is 15.0 Å². The molecule has 1 heterocycles. The number of rotatable bonds is 5. The van der Waals surface area contributed by atoms with E-state index >= 15 is 0 Å². The van der Waals surface area contributed by atoms with E-state index in [-0.39, 0.29) is 0 Å². The van der Waals surface area contributed by atoms with Crippen LogP contribution in [0.5, 0.6) is 0 Å². The van der Waals surface area contributed by atoms with Gasteiger partial charge < -0.3 is 0 Å². The lowest BCUT2D eigenvalue weighted by Crippen LogP contribution is -2.28. The van der Waals surface area contributed by atoms with Crippen LogP contribution in [0.3, 0.4) is 0 Å². The van der Waals surface area contributed by atoms with Gasteiger partial charge in [0, 0.05) is 16.7 Å². The van der Waals surface area contributed by atoms with Gasteiger partial charge in [-0.15, -0.1) is 0 Å². The zero-order chi connectivity index (χ0) is 32.8. The fourth-order valence-electron chi connectivity index (χ4n) is 7.53. The molecule has 1 aliphatic carbocycles. The third kappa shape index (κ3) is 4.48. The zero-order valence-electron chi connectivity index (χ0n) is 26.5. The van der Waals surface area contributed by atoms with E-state index in [0.717, 1.165) is 60.8 Å². The summed E-state index contributed by atoms with van der Waals surface area (Å²) in [6, 6.07) is 60.8. The molecule has 0 aliphatic heterocycles. The maximum Gasteiger partial charge on any atom is 0.164 e. The smallest absolute Gasteiger partial charge is 0.164 e. The molecule has 4 heteroatoms. The van der Waals surface area contributed by atoms with Gasteiger partial charge in [-0.25, -0.2) is 15.0 Å². The highest BCUT2D eigenvalue weighted by molar-refractivity contribution is 6.09. The van der Waals surface area contributed by atoms with Gasteiger partial charge in [-0.1, -0.05) is 152 Å². The molecule has 0 bridgehead atoms. The molecule has 228 valence electrons. The molecule has 0 N–H and O–H groups in total. The summed E-state index contributed by atoms with van der Waals surface area (Å²) >= 11 is 0. The van der Waals surface area contributed by atoms with Crippen molar-refractivity contribution in [2.24, 2.45) is 0 Å². The molecule has 4 nitrogen and oxygen atoms in total. The van der Waals surface area contributed by atoms with Crippen LogP contribution in [0.2, 0.25) is 0 Å². The zero-order valence-corrected chi connectivity index (χ0v) is 26.5. The minimum absolute atomic E-state index is 0.607. The molecule has 8 aromatic rings. The summed E-state index contributed by atoms with van der Waals surface area (Å²) in [5.74, 6) is 1.84. The summed E-state index contributed by atoms with van der Waals surface area (Å²) in [6.07, 6.45) is 0. The van der Waals surface area contributed by atoms with E-state index in [0.29, 0.717) is 23.0 Å². The van der Waals surface area contributed by atoms with Gasteiger partial charge >= 0.3 is 0 Å². The van der Waals surface area contributed by atoms with Crippen molar-refractivity contribution >= 4 is 10.8 Å². The van der Waals surface area contributed by atoms with Gasteiger partial charge in [-0.2, -0.15) is 5.26 Å². The van der Waals surface area contributed by atoms with E-state index < -0.39 is 5.41 Å². The Morgan fingerprint density at radius 1 is 0.429 bits per heavy atom. The Kier molecular flexibility index (Phi) is 6.71. The second-order valence-electron chi connectivity index (χ2n) is 12.3. The monoisotopic (exact) mass is 624 g/mol. The maximum absolute atomic E-state index is 10.1. The van der Waals surface area contributed by atoms with Crippen molar-refractivity contribution in [3.05, 3.63) is 198 Å².